The summed E-state index contributed by atoms with van der Waals surface area (Å²) in [4.78, 5) is 11.0. The normalized spacial score (nSPS) is 36.3. The van der Waals surface area contributed by atoms with Crippen LogP contribution in [0, 0.1) is 11.8 Å². The quantitative estimate of drug-likeness (QED) is 0.182. The van der Waals surface area contributed by atoms with Crippen LogP contribution in [0.4, 0.5) is 0 Å². The van der Waals surface area contributed by atoms with Crippen molar-refractivity contribution in [2.45, 2.75) is 102 Å². The van der Waals surface area contributed by atoms with Gasteiger partial charge in [-0.05, 0) is 53.9 Å². The third-order valence-electron chi connectivity index (χ3n) is 8.27. The van der Waals surface area contributed by atoms with Gasteiger partial charge in [-0.3, -0.25) is 0 Å². The highest BCUT2D eigenvalue weighted by Crippen LogP contribution is 2.36. The number of aliphatic hydroxyl groups excluding tert-OH is 1. The van der Waals surface area contributed by atoms with E-state index in [1.54, 1.807) is 0 Å². The summed E-state index contributed by atoms with van der Waals surface area (Å²) in [5.41, 5.74) is 4.36. The van der Waals surface area contributed by atoms with Gasteiger partial charge in [0.05, 0.1) is 43.2 Å². The molecule has 9 atom stereocenters. The fourth-order valence-corrected chi connectivity index (χ4v) is 6.38. The first-order chi connectivity index (χ1) is 18.8. The summed E-state index contributed by atoms with van der Waals surface area (Å²) in [5, 5.41) is 10.8. The molecule has 1 aromatic rings. The fourth-order valence-electron chi connectivity index (χ4n) is 6.03. The van der Waals surface area contributed by atoms with E-state index >= 15 is 0 Å². The molecule has 0 amide bonds. The average molecular weight is 651 g/mol. The number of aldehydes is 1. The minimum atomic E-state index is -0.420. The van der Waals surface area contributed by atoms with E-state index < -0.39 is 12.4 Å². The van der Waals surface area contributed by atoms with Crippen LogP contribution in [-0.4, -0.2) is 54.6 Å². The molecule has 0 unspecified atom stereocenters. The summed E-state index contributed by atoms with van der Waals surface area (Å²) in [6, 6.07) is 8.25. The number of aliphatic hydroxyl groups is 1. The van der Waals surface area contributed by atoms with E-state index in [0.717, 1.165) is 60.7 Å². The predicted octanol–water partition coefficient (Wildman–Crippen LogP) is 6.72. The second kappa shape index (κ2) is 14.5. The van der Waals surface area contributed by atoms with E-state index in [4.69, 9.17) is 18.9 Å². The molecule has 3 fully saturated rings. The number of hydrogen-bond acceptors (Lipinski definition) is 6. The van der Waals surface area contributed by atoms with Crippen molar-refractivity contribution >= 4 is 35.0 Å². The molecule has 0 aliphatic carbocycles. The number of hydrogen-bond donors (Lipinski definition) is 1. The summed E-state index contributed by atoms with van der Waals surface area (Å²) < 4.78 is 27.0. The standard InChI is InChI=1S/C32H43IO6/c1-20-15-26(11-13-34)37-28(16-20)18-27-12-14-36-32(38-27)25-9-5-7-24(17-25)8-6-10-29-22(3)30(35)23(4)31(39-29)21(2)19-33/h5-9,13,17,19,22-23,26-32,35H,1,10-12,14-16,18H2,2-4H3/t22-,23+,26-,27-,28+,29+,30-,31-,32-/m0/s1. The number of carbonyl (C=O) groups is 1. The molecule has 3 saturated heterocycles. The van der Waals surface area contributed by atoms with Gasteiger partial charge in [-0.25, -0.2) is 0 Å². The van der Waals surface area contributed by atoms with Gasteiger partial charge in [-0.2, -0.15) is 0 Å². The van der Waals surface area contributed by atoms with Crippen molar-refractivity contribution in [2.75, 3.05) is 6.61 Å². The zero-order chi connectivity index (χ0) is 27.9. The third-order valence-corrected chi connectivity index (χ3v) is 9.26. The average Bonchev–Trinajstić information content (AvgIpc) is 2.93. The van der Waals surface area contributed by atoms with E-state index in [-0.39, 0.29) is 42.4 Å². The number of rotatable bonds is 9. The number of carbonyl (C=O) groups excluding carboxylic acids is 1. The van der Waals surface area contributed by atoms with Gasteiger partial charge in [-0.15, -0.1) is 0 Å². The van der Waals surface area contributed by atoms with Crippen molar-refractivity contribution in [2.24, 2.45) is 11.8 Å². The van der Waals surface area contributed by atoms with Gasteiger partial charge >= 0.3 is 0 Å². The molecule has 3 aliphatic heterocycles. The van der Waals surface area contributed by atoms with Gasteiger partial charge in [0.15, 0.2) is 6.29 Å². The van der Waals surface area contributed by atoms with Crippen molar-refractivity contribution < 1.29 is 28.8 Å². The van der Waals surface area contributed by atoms with Crippen LogP contribution < -0.4 is 0 Å². The zero-order valence-corrected chi connectivity index (χ0v) is 25.5. The summed E-state index contributed by atoms with van der Waals surface area (Å²) >= 11 is 2.24. The SMILES string of the molecule is C=C1C[C@H](C[C@@H]2CCO[C@H](c3cccc(C=CC[C@H]4O[C@@H](C(C)=CI)[C@H](C)[C@@H](O)[C@H]4C)c3)O2)O[C@@H](CC=O)C1. The molecule has 0 spiro atoms. The molecule has 0 aromatic heterocycles. The minimum Gasteiger partial charge on any atom is -0.392 e. The lowest BCUT2D eigenvalue weighted by Gasteiger charge is -2.43. The number of ether oxygens (including phenoxy) is 4. The summed E-state index contributed by atoms with van der Waals surface area (Å²) in [5.74, 6) is 0.137. The van der Waals surface area contributed by atoms with Crippen molar-refractivity contribution in [1.82, 2.24) is 0 Å². The smallest absolute Gasteiger partial charge is 0.184 e. The minimum absolute atomic E-state index is 0.0240. The summed E-state index contributed by atoms with van der Waals surface area (Å²) in [6.45, 7) is 11.0. The number of halogens is 1. The maximum Gasteiger partial charge on any atom is 0.184 e. The van der Waals surface area contributed by atoms with Crippen LogP contribution in [0.5, 0.6) is 0 Å². The lowest BCUT2D eigenvalue weighted by atomic mass is 9.80. The first-order valence-corrected chi connectivity index (χ1v) is 15.4. The third kappa shape index (κ3) is 8.11. The van der Waals surface area contributed by atoms with Crippen molar-refractivity contribution in [3.63, 3.8) is 0 Å². The molecule has 0 bridgehead atoms. The van der Waals surface area contributed by atoms with Crippen LogP contribution in [0.15, 0.2) is 52.1 Å². The molecular formula is C32H43IO6. The van der Waals surface area contributed by atoms with Gasteiger partial charge in [-0.1, -0.05) is 78.9 Å². The molecule has 4 rings (SSSR count). The molecule has 0 radical (unpaired) electrons. The number of benzene rings is 1. The second-order valence-corrected chi connectivity index (χ2v) is 12.0. The molecule has 1 aromatic carbocycles. The Bertz CT molecular complexity index is 1040. The molecular weight excluding hydrogens is 607 g/mol. The van der Waals surface area contributed by atoms with Crippen LogP contribution in [-0.2, 0) is 23.7 Å². The van der Waals surface area contributed by atoms with Gasteiger partial charge in [0.25, 0.3) is 0 Å². The first-order valence-electron chi connectivity index (χ1n) is 14.2. The van der Waals surface area contributed by atoms with Crippen LogP contribution >= 0.6 is 22.6 Å². The Balaban J connectivity index is 1.34. The Kier molecular flexibility index (Phi) is 11.4. The molecule has 0 saturated carbocycles. The van der Waals surface area contributed by atoms with Crippen LogP contribution in [0.1, 0.15) is 76.7 Å². The molecule has 3 heterocycles. The maximum atomic E-state index is 11.0. The summed E-state index contributed by atoms with van der Waals surface area (Å²) in [6.07, 6.45) is 8.55. The first kappa shape index (κ1) is 30.6. The van der Waals surface area contributed by atoms with Crippen molar-refractivity contribution in [3.8, 4) is 0 Å². The van der Waals surface area contributed by atoms with Gasteiger partial charge in [0.1, 0.15) is 6.29 Å². The zero-order valence-electron chi connectivity index (χ0n) is 23.3. The van der Waals surface area contributed by atoms with Gasteiger partial charge in [0.2, 0.25) is 0 Å². The molecule has 39 heavy (non-hydrogen) atoms. The van der Waals surface area contributed by atoms with Crippen LogP contribution in [0.3, 0.4) is 0 Å². The fraction of sp³-hybridized carbons (Fsp3) is 0.594. The Hall–Kier alpha value is -1.36. The lowest BCUT2D eigenvalue weighted by molar-refractivity contribution is -0.225. The molecule has 6 nitrogen and oxygen atoms in total. The van der Waals surface area contributed by atoms with Crippen molar-refractivity contribution in [3.05, 3.63) is 63.3 Å². The molecule has 7 heteroatoms. The predicted molar refractivity (Wildman–Crippen MR) is 161 cm³/mol. The Labute approximate surface area is 247 Å². The summed E-state index contributed by atoms with van der Waals surface area (Å²) in [7, 11) is 0. The lowest BCUT2D eigenvalue weighted by Crippen LogP contribution is -2.49. The maximum absolute atomic E-state index is 11.0. The second-order valence-electron chi connectivity index (χ2n) is 11.4. The van der Waals surface area contributed by atoms with Gasteiger partial charge in [0, 0.05) is 30.2 Å². The van der Waals surface area contributed by atoms with Gasteiger partial charge < -0.3 is 28.8 Å². The van der Waals surface area contributed by atoms with Crippen LogP contribution in [0.2, 0.25) is 0 Å². The Morgan fingerprint density at radius 3 is 2.67 bits per heavy atom. The van der Waals surface area contributed by atoms with E-state index in [9.17, 15) is 9.90 Å². The van der Waals surface area contributed by atoms with E-state index in [1.807, 2.05) is 16.2 Å². The van der Waals surface area contributed by atoms with Crippen LogP contribution in [0.25, 0.3) is 6.08 Å². The van der Waals surface area contributed by atoms with E-state index in [2.05, 4.69) is 74.2 Å². The Morgan fingerprint density at radius 2 is 1.90 bits per heavy atom. The van der Waals surface area contributed by atoms with Crippen molar-refractivity contribution in [1.29, 1.82) is 0 Å². The Morgan fingerprint density at radius 1 is 1.10 bits per heavy atom. The topological polar surface area (TPSA) is 74.2 Å². The molecule has 214 valence electrons. The largest absolute Gasteiger partial charge is 0.392 e. The molecule has 3 aliphatic rings. The molecule has 1 N–H and O–H groups in total. The highest BCUT2D eigenvalue weighted by atomic mass is 127. The monoisotopic (exact) mass is 650 g/mol. The highest BCUT2D eigenvalue weighted by molar-refractivity contribution is 14.1. The van der Waals surface area contributed by atoms with E-state index in [0.29, 0.717) is 13.0 Å². The van der Waals surface area contributed by atoms with E-state index in [1.165, 1.54) is 0 Å². The highest BCUT2D eigenvalue weighted by Gasteiger charge is 2.40.